The Morgan fingerprint density at radius 1 is 1.53 bits per heavy atom. The molecule has 0 aromatic carbocycles. The fourth-order valence-corrected chi connectivity index (χ4v) is 1.43. The van der Waals surface area contributed by atoms with E-state index in [-0.39, 0.29) is 5.56 Å². The van der Waals surface area contributed by atoms with Gasteiger partial charge in [0, 0.05) is 13.1 Å². The number of likely N-dealkylation sites (N-methyl/N-ethyl adjacent to an activating group) is 1. The van der Waals surface area contributed by atoms with Crippen LogP contribution in [0.15, 0.2) is 17.4 Å². The van der Waals surface area contributed by atoms with E-state index >= 15 is 0 Å². The second-order valence-corrected chi connectivity index (χ2v) is 3.20. The maximum atomic E-state index is 11.3. The molecule has 6 nitrogen and oxygen atoms in total. The number of rotatable bonds is 4. The van der Waals surface area contributed by atoms with Gasteiger partial charge in [-0.15, -0.1) is 0 Å². The van der Waals surface area contributed by atoms with E-state index in [0.717, 1.165) is 19.6 Å². The van der Waals surface area contributed by atoms with Crippen molar-refractivity contribution in [1.82, 2.24) is 24.8 Å². The van der Waals surface area contributed by atoms with Crippen molar-refractivity contribution in [2.45, 2.75) is 13.5 Å². The second kappa shape index (κ2) is 4.22. The van der Waals surface area contributed by atoms with Crippen LogP contribution < -0.4 is 10.9 Å². The van der Waals surface area contributed by atoms with E-state index in [2.05, 4.69) is 27.2 Å². The van der Waals surface area contributed by atoms with Crippen LogP contribution in [0.2, 0.25) is 0 Å². The third-order valence-corrected chi connectivity index (χ3v) is 2.19. The molecule has 80 valence electrons. The van der Waals surface area contributed by atoms with Crippen molar-refractivity contribution >= 4 is 11.2 Å². The first-order valence-electron chi connectivity index (χ1n) is 4.92. The minimum atomic E-state index is -0.192. The number of hydrogen-bond donors (Lipinski definition) is 2. The maximum Gasteiger partial charge on any atom is 0.278 e. The van der Waals surface area contributed by atoms with E-state index < -0.39 is 0 Å². The quantitative estimate of drug-likeness (QED) is 0.677. The van der Waals surface area contributed by atoms with Gasteiger partial charge in [-0.3, -0.25) is 4.79 Å². The normalized spacial score (nSPS) is 11.0. The van der Waals surface area contributed by atoms with Crippen LogP contribution in [-0.4, -0.2) is 32.6 Å². The standard InChI is InChI=1S/C9H13N5O/c1-2-10-3-4-14-6-13-7-8(14)11-5-12-9(7)15/h5-6,10H,2-4H2,1H3,(H,11,12,15). The lowest BCUT2D eigenvalue weighted by Crippen LogP contribution is -2.19. The van der Waals surface area contributed by atoms with Gasteiger partial charge in [0.05, 0.1) is 12.7 Å². The number of H-pyrrole nitrogens is 1. The summed E-state index contributed by atoms with van der Waals surface area (Å²) in [5.74, 6) is 0. The molecule has 0 aliphatic heterocycles. The molecule has 2 rings (SSSR count). The van der Waals surface area contributed by atoms with Crippen LogP contribution in [0.25, 0.3) is 11.2 Å². The highest BCUT2D eigenvalue weighted by molar-refractivity contribution is 5.68. The Kier molecular flexibility index (Phi) is 2.77. The van der Waals surface area contributed by atoms with Crippen LogP contribution in [0.4, 0.5) is 0 Å². The van der Waals surface area contributed by atoms with Crippen molar-refractivity contribution in [3.05, 3.63) is 23.0 Å². The Morgan fingerprint density at radius 3 is 3.20 bits per heavy atom. The summed E-state index contributed by atoms with van der Waals surface area (Å²) in [5, 5.41) is 3.20. The topological polar surface area (TPSA) is 75.6 Å². The summed E-state index contributed by atoms with van der Waals surface area (Å²) in [5.41, 5.74) is 0.841. The smallest absolute Gasteiger partial charge is 0.278 e. The zero-order valence-electron chi connectivity index (χ0n) is 8.53. The zero-order valence-corrected chi connectivity index (χ0v) is 8.53. The molecule has 2 aromatic rings. The molecule has 0 saturated heterocycles. The summed E-state index contributed by atoms with van der Waals surface area (Å²) in [7, 11) is 0. The molecule has 0 bridgehead atoms. The Hall–Kier alpha value is -1.69. The SMILES string of the molecule is CCNCCn1cnc2c(=O)[nH]cnc21. The van der Waals surface area contributed by atoms with E-state index in [1.54, 1.807) is 6.33 Å². The van der Waals surface area contributed by atoms with E-state index in [9.17, 15) is 4.79 Å². The summed E-state index contributed by atoms with van der Waals surface area (Å²) in [4.78, 5) is 22.0. The summed E-state index contributed by atoms with van der Waals surface area (Å²) >= 11 is 0. The lowest BCUT2D eigenvalue weighted by molar-refractivity contribution is 0.621. The van der Waals surface area contributed by atoms with Crippen LogP contribution in [0.5, 0.6) is 0 Å². The minimum Gasteiger partial charge on any atom is -0.315 e. The number of hydrogen-bond acceptors (Lipinski definition) is 4. The van der Waals surface area contributed by atoms with Crippen molar-refractivity contribution < 1.29 is 0 Å². The first-order chi connectivity index (χ1) is 7.33. The molecular weight excluding hydrogens is 194 g/mol. The average Bonchev–Trinajstić information content (AvgIpc) is 2.64. The predicted octanol–water partition coefficient (Wildman–Crippen LogP) is -0.271. The molecule has 0 atom stereocenters. The Bertz CT molecular complexity index is 500. The van der Waals surface area contributed by atoms with Gasteiger partial charge in [-0.2, -0.15) is 0 Å². The molecule has 0 radical (unpaired) electrons. The van der Waals surface area contributed by atoms with Crippen molar-refractivity contribution in [3.63, 3.8) is 0 Å². The average molecular weight is 207 g/mol. The summed E-state index contributed by atoms with van der Waals surface area (Å²) in [6.45, 7) is 4.59. The Morgan fingerprint density at radius 2 is 2.40 bits per heavy atom. The number of aromatic nitrogens is 4. The third-order valence-electron chi connectivity index (χ3n) is 2.19. The monoisotopic (exact) mass is 207 g/mol. The summed E-state index contributed by atoms with van der Waals surface area (Å²) < 4.78 is 1.87. The Labute approximate surface area is 86.4 Å². The lowest BCUT2D eigenvalue weighted by Gasteiger charge is -2.02. The van der Waals surface area contributed by atoms with Crippen molar-refractivity contribution in [3.8, 4) is 0 Å². The second-order valence-electron chi connectivity index (χ2n) is 3.20. The number of fused-ring (bicyclic) bond motifs is 1. The lowest BCUT2D eigenvalue weighted by atomic mass is 10.5. The van der Waals surface area contributed by atoms with Crippen LogP contribution in [-0.2, 0) is 6.54 Å². The molecule has 2 N–H and O–H groups in total. The molecule has 15 heavy (non-hydrogen) atoms. The molecular formula is C9H13N5O. The molecule has 2 aromatic heterocycles. The number of aromatic amines is 1. The fraction of sp³-hybridized carbons (Fsp3) is 0.444. The van der Waals surface area contributed by atoms with E-state index in [1.807, 2.05) is 4.57 Å². The van der Waals surface area contributed by atoms with Gasteiger partial charge in [-0.05, 0) is 6.54 Å². The highest BCUT2D eigenvalue weighted by Crippen LogP contribution is 2.02. The zero-order chi connectivity index (χ0) is 10.7. The molecule has 0 aliphatic carbocycles. The number of nitrogens with one attached hydrogen (secondary N) is 2. The van der Waals surface area contributed by atoms with Gasteiger partial charge < -0.3 is 14.9 Å². The van der Waals surface area contributed by atoms with Gasteiger partial charge in [-0.25, -0.2) is 9.97 Å². The van der Waals surface area contributed by atoms with Gasteiger partial charge >= 0.3 is 0 Å². The summed E-state index contributed by atoms with van der Waals surface area (Å²) in [6, 6.07) is 0. The molecule has 0 amide bonds. The first kappa shape index (κ1) is 9.85. The number of imidazole rings is 1. The third kappa shape index (κ3) is 1.89. The van der Waals surface area contributed by atoms with Crippen molar-refractivity contribution in [1.29, 1.82) is 0 Å². The van der Waals surface area contributed by atoms with Crippen LogP contribution in [0.1, 0.15) is 6.92 Å². The molecule has 0 fully saturated rings. The van der Waals surface area contributed by atoms with Crippen LogP contribution in [0, 0.1) is 0 Å². The van der Waals surface area contributed by atoms with E-state index in [4.69, 9.17) is 0 Å². The minimum absolute atomic E-state index is 0.192. The molecule has 0 saturated carbocycles. The largest absolute Gasteiger partial charge is 0.315 e. The molecule has 0 unspecified atom stereocenters. The first-order valence-corrected chi connectivity index (χ1v) is 4.92. The van der Waals surface area contributed by atoms with Gasteiger partial charge in [0.2, 0.25) is 0 Å². The molecule has 0 spiro atoms. The van der Waals surface area contributed by atoms with E-state index in [1.165, 1.54) is 6.33 Å². The van der Waals surface area contributed by atoms with Gasteiger partial charge in [0.25, 0.3) is 5.56 Å². The maximum absolute atomic E-state index is 11.3. The van der Waals surface area contributed by atoms with Gasteiger partial charge in [0.1, 0.15) is 0 Å². The molecule has 6 heteroatoms. The number of nitrogens with zero attached hydrogens (tertiary/aromatic N) is 3. The van der Waals surface area contributed by atoms with Crippen LogP contribution >= 0.6 is 0 Å². The highest BCUT2D eigenvalue weighted by Gasteiger charge is 2.05. The Balaban J connectivity index is 2.29. The van der Waals surface area contributed by atoms with Gasteiger partial charge in [-0.1, -0.05) is 6.92 Å². The van der Waals surface area contributed by atoms with Crippen molar-refractivity contribution in [2.75, 3.05) is 13.1 Å². The van der Waals surface area contributed by atoms with Crippen LogP contribution in [0.3, 0.4) is 0 Å². The fourth-order valence-electron chi connectivity index (χ4n) is 1.43. The molecule has 2 heterocycles. The van der Waals surface area contributed by atoms with E-state index in [0.29, 0.717) is 11.2 Å². The van der Waals surface area contributed by atoms with Gasteiger partial charge in [0.15, 0.2) is 11.2 Å². The predicted molar refractivity (Wildman–Crippen MR) is 56.7 cm³/mol. The molecule has 0 aliphatic rings. The highest BCUT2D eigenvalue weighted by atomic mass is 16.1. The van der Waals surface area contributed by atoms with Crippen molar-refractivity contribution in [2.24, 2.45) is 0 Å². The summed E-state index contributed by atoms with van der Waals surface area (Å²) in [6.07, 6.45) is 3.04.